The van der Waals surface area contributed by atoms with Crippen LogP contribution in [0, 0.1) is 11.8 Å². The van der Waals surface area contributed by atoms with E-state index < -0.39 is 0 Å². The number of halogens is 2. The van der Waals surface area contributed by atoms with E-state index in [1.54, 1.807) is 0 Å². The maximum absolute atomic E-state index is 6.35. The Kier molecular flexibility index (Phi) is 7.98. The molecule has 1 saturated carbocycles. The van der Waals surface area contributed by atoms with Crippen molar-refractivity contribution in [3.05, 3.63) is 46.1 Å². The van der Waals surface area contributed by atoms with E-state index in [1.807, 2.05) is 18.2 Å². The van der Waals surface area contributed by atoms with E-state index in [9.17, 15) is 0 Å². The molecule has 33 heavy (non-hydrogen) atoms. The predicted octanol–water partition coefficient (Wildman–Crippen LogP) is 6.45. The van der Waals surface area contributed by atoms with Gasteiger partial charge in [0.05, 0.1) is 0 Å². The van der Waals surface area contributed by atoms with Gasteiger partial charge in [-0.3, -0.25) is 0 Å². The van der Waals surface area contributed by atoms with Crippen LogP contribution in [-0.4, -0.2) is 34.7 Å². The molecule has 0 amide bonds. The van der Waals surface area contributed by atoms with Crippen molar-refractivity contribution in [2.24, 2.45) is 11.8 Å². The summed E-state index contributed by atoms with van der Waals surface area (Å²) in [5.41, 5.74) is 1.30. The average molecular weight is 507 g/mol. The first kappa shape index (κ1) is 24.5. The van der Waals surface area contributed by atoms with Gasteiger partial charge in [0.25, 0.3) is 0 Å². The van der Waals surface area contributed by atoms with E-state index in [-0.39, 0.29) is 5.41 Å². The second-order valence-corrected chi connectivity index (χ2v) is 11.1. The van der Waals surface area contributed by atoms with Crippen LogP contribution in [0.3, 0.4) is 0 Å². The molecule has 1 aromatic carbocycles. The zero-order chi connectivity index (χ0) is 23.4. The van der Waals surface area contributed by atoms with Crippen LogP contribution in [0.4, 0.5) is 11.8 Å². The lowest BCUT2D eigenvalue weighted by atomic mass is 9.69. The second kappa shape index (κ2) is 10.7. The second-order valence-electron chi connectivity index (χ2n) is 9.88. The lowest BCUT2D eigenvalue weighted by Gasteiger charge is -2.38. The fourth-order valence-corrected chi connectivity index (χ4v) is 6.01. The number of hydrogen-bond acceptors (Lipinski definition) is 4. The van der Waals surface area contributed by atoms with Gasteiger partial charge in [0, 0.05) is 36.1 Å². The Morgan fingerprint density at radius 1 is 1.09 bits per heavy atom. The molecule has 178 valence electrons. The minimum absolute atomic E-state index is 0.0231. The molecule has 2 aliphatic rings. The number of rotatable bonds is 5. The number of anilines is 2. The third kappa shape index (κ3) is 6.28. The Labute approximate surface area is 212 Å². The molecule has 0 bridgehead atoms. The standard InChI is InChI=1S/C25H33Cl2N5S/c1-17-11-18(2)15-32(14-17)22-13-21(27)29-23(30-22)31-24(33)28-16-25(9-4-3-5-10-25)19-7-6-8-20(26)12-19/h6-8,12-13,17-18H,3-5,9-11,14-16H2,1-2H3,(H2,28,29,30,31,33). The van der Waals surface area contributed by atoms with Crippen molar-refractivity contribution in [2.45, 2.75) is 57.8 Å². The first-order valence-electron chi connectivity index (χ1n) is 11.9. The minimum atomic E-state index is 0.0231. The predicted molar refractivity (Wildman–Crippen MR) is 143 cm³/mol. The smallest absolute Gasteiger partial charge is 0.232 e. The van der Waals surface area contributed by atoms with Gasteiger partial charge in [-0.15, -0.1) is 0 Å². The highest BCUT2D eigenvalue weighted by Gasteiger charge is 2.34. The first-order chi connectivity index (χ1) is 15.8. The van der Waals surface area contributed by atoms with E-state index in [0.29, 0.717) is 28.0 Å². The van der Waals surface area contributed by atoms with E-state index in [1.165, 1.54) is 31.2 Å². The van der Waals surface area contributed by atoms with Crippen molar-refractivity contribution in [1.82, 2.24) is 15.3 Å². The van der Waals surface area contributed by atoms with Crippen LogP contribution < -0.4 is 15.5 Å². The monoisotopic (exact) mass is 505 g/mol. The Morgan fingerprint density at radius 2 is 1.82 bits per heavy atom. The summed E-state index contributed by atoms with van der Waals surface area (Å²) in [6.07, 6.45) is 7.17. The molecule has 2 N–H and O–H groups in total. The normalized spacial score (nSPS) is 22.6. The summed E-state index contributed by atoms with van der Waals surface area (Å²) in [5, 5.41) is 8.30. The van der Waals surface area contributed by atoms with Crippen LogP contribution in [0.2, 0.25) is 10.2 Å². The number of piperidine rings is 1. The number of benzene rings is 1. The van der Waals surface area contributed by atoms with Crippen molar-refractivity contribution in [1.29, 1.82) is 0 Å². The van der Waals surface area contributed by atoms with Crippen molar-refractivity contribution >= 4 is 52.3 Å². The van der Waals surface area contributed by atoms with Crippen LogP contribution in [0.1, 0.15) is 57.9 Å². The Morgan fingerprint density at radius 3 is 2.52 bits per heavy atom. The van der Waals surface area contributed by atoms with Crippen molar-refractivity contribution in [3.63, 3.8) is 0 Å². The topological polar surface area (TPSA) is 53.1 Å². The maximum atomic E-state index is 6.35. The van der Waals surface area contributed by atoms with Crippen LogP contribution in [0.25, 0.3) is 0 Å². The van der Waals surface area contributed by atoms with Crippen LogP contribution in [-0.2, 0) is 5.41 Å². The highest BCUT2D eigenvalue weighted by molar-refractivity contribution is 7.80. The number of thiocarbonyl (C=S) groups is 1. The zero-order valence-electron chi connectivity index (χ0n) is 19.4. The Bertz CT molecular complexity index is 969. The fourth-order valence-electron chi connectivity index (χ4n) is 5.48. The highest BCUT2D eigenvalue weighted by atomic mass is 35.5. The van der Waals surface area contributed by atoms with Gasteiger partial charge >= 0.3 is 0 Å². The fraction of sp³-hybridized carbons (Fsp3) is 0.560. The van der Waals surface area contributed by atoms with Gasteiger partial charge in [-0.1, -0.05) is 68.4 Å². The van der Waals surface area contributed by atoms with Crippen molar-refractivity contribution < 1.29 is 0 Å². The van der Waals surface area contributed by atoms with E-state index in [2.05, 4.69) is 46.5 Å². The maximum Gasteiger partial charge on any atom is 0.232 e. The molecule has 2 unspecified atom stereocenters. The molecule has 1 aromatic heterocycles. The molecule has 5 nitrogen and oxygen atoms in total. The summed E-state index contributed by atoms with van der Waals surface area (Å²) in [4.78, 5) is 11.4. The molecule has 4 rings (SSSR count). The minimum Gasteiger partial charge on any atom is -0.361 e. The third-order valence-electron chi connectivity index (χ3n) is 6.93. The van der Waals surface area contributed by atoms with Crippen LogP contribution in [0.15, 0.2) is 30.3 Å². The lowest BCUT2D eigenvalue weighted by Crippen LogP contribution is -2.43. The Hall–Kier alpha value is -1.63. The summed E-state index contributed by atoms with van der Waals surface area (Å²) in [6, 6.07) is 10.1. The number of nitrogens with zero attached hydrogens (tertiary/aromatic N) is 3. The van der Waals surface area contributed by atoms with Crippen LogP contribution >= 0.6 is 35.4 Å². The van der Waals surface area contributed by atoms with E-state index in [0.717, 1.165) is 43.3 Å². The molecule has 0 radical (unpaired) electrons. The van der Waals surface area contributed by atoms with Gasteiger partial charge in [0.15, 0.2) is 5.11 Å². The molecule has 2 heterocycles. The van der Waals surface area contributed by atoms with E-state index in [4.69, 9.17) is 40.4 Å². The van der Waals surface area contributed by atoms with Gasteiger partial charge < -0.3 is 15.5 Å². The molecule has 1 aliphatic carbocycles. The quantitative estimate of drug-likeness (QED) is 0.359. The number of nitrogens with one attached hydrogen (secondary N) is 2. The highest BCUT2D eigenvalue weighted by Crippen LogP contribution is 2.39. The number of hydrogen-bond donors (Lipinski definition) is 2. The molecule has 2 aromatic rings. The largest absolute Gasteiger partial charge is 0.361 e. The van der Waals surface area contributed by atoms with Gasteiger partial charge in [-0.2, -0.15) is 4.98 Å². The average Bonchev–Trinajstić information content (AvgIpc) is 2.77. The van der Waals surface area contributed by atoms with Gasteiger partial charge in [0.1, 0.15) is 11.0 Å². The molecule has 2 fully saturated rings. The Balaban J connectivity index is 1.44. The molecular formula is C25H33Cl2N5S. The summed E-state index contributed by atoms with van der Waals surface area (Å²) in [7, 11) is 0. The van der Waals surface area contributed by atoms with Crippen molar-refractivity contribution in [2.75, 3.05) is 29.9 Å². The van der Waals surface area contributed by atoms with Crippen molar-refractivity contribution in [3.8, 4) is 0 Å². The third-order valence-corrected chi connectivity index (χ3v) is 7.61. The molecule has 1 aliphatic heterocycles. The molecule has 1 saturated heterocycles. The zero-order valence-corrected chi connectivity index (χ0v) is 21.7. The molecule has 8 heteroatoms. The summed E-state index contributed by atoms with van der Waals surface area (Å²) < 4.78 is 0. The SMILES string of the molecule is CC1CC(C)CN(c2cc(Cl)nc(NC(=S)NCC3(c4cccc(Cl)c4)CCCCC3)n2)C1. The van der Waals surface area contributed by atoms with E-state index >= 15 is 0 Å². The lowest BCUT2D eigenvalue weighted by molar-refractivity contribution is 0.292. The van der Waals surface area contributed by atoms with Gasteiger partial charge in [-0.05, 0) is 61.0 Å². The summed E-state index contributed by atoms with van der Waals surface area (Å²) in [5.74, 6) is 2.53. The van der Waals surface area contributed by atoms with Gasteiger partial charge in [0.2, 0.25) is 5.95 Å². The summed E-state index contributed by atoms with van der Waals surface area (Å²) >= 11 is 18.3. The first-order valence-corrected chi connectivity index (χ1v) is 13.1. The van der Waals surface area contributed by atoms with Gasteiger partial charge in [-0.25, -0.2) is 4.98 Å². The molecule has 2 atom stereocenters. The molecular weight excluding hydrogens is 473 g/mol. The van der Waals surface area contributed by atoms with Crippen LogP contribution in [0.5, 0.6) is 0 Å². The summed E-state index contributed by atoms with van der Waals surface area (Å²) in [6.45, 7) is 7.26. The molecule has 0 spiro atoms. The number of aromatic nitrogens is 2.